The minimum atomic E-state index is 0.731. The van der Waals surface area contributed by atoms with Crippen LogP contribution in [0.1, 0.15) is 44.5 Å². The van der Waals surface area contributed by atoms with Gasteiger partial charge in [0, 0.05) is 81.1 Å². The number of methoxy groups -OCH3 is 1. The van der Waals surface area contributed by atoms with Crippen molar-refractivity contribution in [3.63, 3.8) is 0 Å². The van der Waals surface area contributed by atoms with Crippen molar-refractivity contribution in [2.45, 2.75) is 33.1 Å². The SMILES string of the molecule is COc1ccc(Nc2cccc3ccccc23)cc1.Cc1ccc(Cc2ccc(C)cc2)cc1.c1ccc(-c2ccc(Cc3ccc4c(c3)oc3ccccc34)cc2)cc1.c1ccc(-c2ccc(Cc3ccc4c(c3)sc3ccccc34)cc2)cc1.c1ccc(-c2ncc(Nc3cccc4ccccc34)cn2)cc1.c1ccc(Nc2cccc3ccccc23)cc1. The van der Waals surface area contributed by atoms with E-state index in [0.717, 1.165) is 81.7 Å². The van der Waals surface area contributed by atoms with Crippen LogP contribution in [0, 0.1) is 13.8 Å². The summed E-state index contributed by atoms with van der Waals surface area (Å²) in [4.78, 5) is 8.90. The lowest BCUT2D eigenvalue weighted by Gasteiger charge is -2.10. The zero-order valence-corrected chi connectivity index (χ0v) is 71.5. The first-order valence-corrected chi connectivity index (χ1v) is 43.5. The molecule has 0 bridgehead atoms. The van der Waals surface area contributed by atoms with Gasteiger partial charge in [-0.3, -0.25) is 0 Å². The lowest BCUT2D eigenvalue weighted by molar-refractivity contribution is 0.415. The number of aryl methyl sites for hydroxylation is 2. The second-order valence-electron chi connectivity index (χ2n) is 31.2. The standard InChI is InChI=1S/C25H18O.C25H18S.C20H15N3.C17H15NO.C16H13N.C15H16/c2*1-2-6-20(7-3-1)21-13-10-18(11-14-21)16-19-12-15-23-22-8-4-5-9-24(22)26-25(23)17-19;1-2-8-16(9-3-1)20-21-13-17(14-22-20)23-19-12-6-10-15-7-4-5-11-18(15)19;1-19-15-11-9-14(10-12-15)18-17-8-4-6-13-5-2-3-7-16(13)17;1-2-9-14(10-3-1)17-16-12-6-8-13-7-4-5-11-15(13)16;1-12-3-7-14(8-4-12)11-15-9-5-13(2)6-10-15/h2*1-15,17H,16H2;1-14,23H;2-12,18H,1H3;1-12,17H;3-10H,11H2,1-2H3. The van der Waals surface area contributed by atoms with E-state index >= 15 is 0 Å². The van der Waals surface area contributed by atoms with Gasteiger partial charge in [0.25, 0.3) is 0 Å². The minimum Gasteiger partial charge on any atom is -0.497 e. The van der Waals surface area contributed by atoms with E-state index in [4.69, 9.17) is 9.15 Å². The molecule has 3 N–H and O–H groups in total. The van der Waals surface area contributed by atoms with E-state index in [2.05, 4.69) is 386 Å². The van der Waals surface area contributed by atoms with E-state index in [-0.39, 0.29) is 0 Å². The number of ether oxygens (including phenoxy) is 1. The molecule has 0 fully saturated rings. The molecule has 0 aliphatic rings. The predicted molar refractivity (Wildman–Crippen MR) is 536 cm³/mol. The molecule has 8 heteroatoms. The molecule has 126 heavy (non-hydrogen) atoms. The normalized spacial score (nSPS) is 10.8. The van der Waals surface area contributed by atoms with Crippen LogP contribution >= 0.6 is 11.3 Å². The number of nitrogens with zero attached hydrogens (tertiary/aromatic N) is 2. The van der Waals surface area contributed by atoms with Gasteiger partial charge in [0.1, 0.15) is 16.9 Å². The van der Waals surface area contributed by atoms with Crippen LogP contribution in [-0.2, 0) is 19.3 Å². The maximum absolute atomic E-state index is 6.01. The number of aromatic nitrogens is 2. The van der Waals surface area contributed by atoms with Gasteiger partial charge < -0.3 is 25.1 Å². The van der Waals surface area contributed by atoms with Crippen molar-refractivity contribution in [2.75, 3.05) is 23.1 Å². The van der Waals surface area contributed by atoms with Gasteiger partial charge in [-0.15, -0.1) is 11.3 Å². The maximum atomic E-state index is 6.01. The molecule has 0 amide bonds. The van der Waals surface area contributed by atoms with E-state index in [0.29, 0.717) is 0 Å². The topological polar surface area (TPSA) is 84.2 Å². The molecule has 0 spiro atoms. The maximum Gasteiger partial charge on any atom is 0.159 e. The van der Waals surface area contributed by atoms with Crippen molar-refractivity contribution in [2.24, 2.45) is 0 Å². The van der Waals surface area contributed by atoms with Crippen LogP contribution in [0.2, 0.25) is 0 Å². The summed E-state index contributed by atoms with van der Waals surface area (Å²) in [5.74, 6) is 1.59. The Labute approximate surface area is 741 Å². The highest BCUT2D eigenvalue weighted by molar-refractivity contribution is 7.25. The summed E-state index contributed by atoms with van der Waals surface area (Å²) in [7, 11) is 1.67. The Morgan fingerprint density at radius 2 is 0.595 bits per heavy atom. The summed E-state index contributed by atoms with van der Waals surface area (Å²) in [5, 5.41) is 22.7. The fourth-order valence-corrected chi connectivity index (χ4v) is 16.7. The van der Waals surface area contributed by atoms with Crippen LogP contribution in [0.25, 0.3) is 108 Å². The fraction of sp³-hybridized carbons (Fsp3) is 0.0508. The molecular formula is C118H95N5O2S. The van der Waals surface area contributed by atoms with Gasteiger partial charge in [0.2, 0.25) is 0 Å². The van der Waals surface area contributed by atoms with Gasteiger partial charge in [-0.2, -0.15) is 0 Å². The molecule has 0 unspecified atom stereocenters. The molecule has 0 saturated carbocycles. The van der Waals surface area contributed by atoms with Gasteiger partial charge >= 0.3 is 0 Å². The summed E-state index contributed by atoms with van der Waals surface area (Å²) >= 11 is 1.89. The van der Waals surface area contributed by atoms with Gasteiger partial charge in [0.15, 0.2) is 5.82 Å². The molecule has 19 aromatic carbocycles. The first kappa shape index (κ1) is 82.6. The molecular weight excluding hydrogens is 1550 g/mol. The van der Waals surface area contributed by atoms with Crippen LogP contribution in [0.3, 0.4) is 0 Å². The average molecular weight is 1650 g/mol. The molecule has 0 atom stereocenters. The minimum absolute atomic E-state index is 0.731. The molecule has 7 nitrogen and oxygen atoms in total. The van der Waals surface area contributed by atoms with Crippen LogP contribution in [0.15, 0.2) is 472 Å². The highest BCUT2D eigenvalue weighted by atomic mass is 32.1. The summed E-state index contributed by atoms with van der Waals surface area (Å²) < 4.78 is 13.9. The molecule has 610 valence electrons. The number of fused-ring (bicyclic) bond motifs is 9. The second-order valence-corrected chi connectivity index (χ2v) is 32.3. The highest BCUT2D eigenvalue weighted by Gasteiger charge is 2.12. The Morgan fingerprint density at radius 3 is 1.08 bits per heavy atom. The van der Waals surface area contributed by atoms with E-state index < -0.39 is 0 Å². The lowest BCUT2D eigenvalue weighted by Crippen LogP contribution is -1.95. The Morgan fingerprint density at radius 1 is 0.254 bits per heavy atom. The van der Waals surface area contributed by atoms with Gasteiger partial charge in [-0.25, -0.2) is 9.97 Å². The number of hydrogen-bond acceptors (Lipinski definition) is 8. The lowest BCUT2D eigenvalue weighted by atomic mass is 10.00. The number of anilines is 6. The van der Waals surface area contributed by atoms with Crippen molar-refractivity contribution < 1.29 is 9.15 Å². The van der Waals surface area contributed by atoms with Gasteiger partial charge in [-0.1, -0.05) is 387 Å². The highest BCUT2D eigenvalue weighted by Crippen LogP contribution is 2.37. The summed E-state index contributed by atoms with van der Waals surface area (Å²) in [6.07, 6.45) is 6.54. The van der Waals surface area contributed by atoms with Crippen LogP contribution in [0.5, 0.6) is 5.75 Å². The number of rotatable bonds is 16. The first-order chi connectivity index (χ1) is 62.2. The molecule has 22 rings (SSSR count). The van der Waals surface area contributed by atoms with Crippen LogP contribution in [0.4, 0.5) is 34.1 Å². The molecule has 0 radical (unpaired) electrons. The van der Waals surface area contributed by atoms with E-state index in [1.54, 1.807) is 7.11 Å². The number of benzene rings is 19. The smallest absolute Gasteiger partial charge is 0.159 e. The van der Waals surface area contributed by atoms with Gasteiger partial charge in [0.05, 0.1) is 25.2 Å². The van der Waals surface area contributed by atoms with Gasteiger partial charge in [-0.05, 0) is 184 Å². The number of nitrogens with one attached hydrogen (secondary N) is 3. The largest absolute Gasteiger partial charge is 0.497 e. The Kier molecular flexibility index (Phi) is 26.7. The molecule has 3 aromatic heterocycles. The molecule has 0 saturated heterocycles. The van der Waals surface area contributed by atoms with Crippen molar-refractivity contribution >= 4 is 120 Å². The molecule has 0 aliphatic heterocycles. The van der Waals surface area contributed by atoms with Crippen LogP contribution < -0.4 is 20.7 Å². The van der Waals surface area contributed by atoms with Crippen LogP contribution in [-0.4, -0.2) is 17.1 Å². The van der Waals surface area contributed by atoms with Crippen molar-refractivity contribution in [3.05, 3.63) is 512 Å². The zero-order valence-electron chi connectivity index (χ0n) is 70.7. The number of furan rings is 1. The summed E-state index contributed by atoms with van der Waals surface area (Å²) in [5.41, 5.74) is 25.0. The number of para-hydroxylation sites is 2. The number of hydrogen-bond donors (Lipinski definition) is 3. The third kappa shape index (κ3) is 21.4. The van der Waals surface area contributed by atoms with Crippen molar-refractivity contribution in [1.29, 1.82) is 0 Å². The molecule has 0 aliphatic carbocycles. The molecule has 22 aromatic rings. The first-order valence-electron chi connectivity index (χ1n) is 42.7. The van der Waals surface area contributed by atoms with Crippen molar-refractivity contribution in [1.82, 2.24) is 9.97 Å². The quantitative estimate of drug-likeness (QED) is 0.0889. The van der Waals surface area contributed by atoms with E-state index in [1.165, 1.54) is 130 Å². The molecule has 3 heterocycles. The average Bonchev–Trinajstić information content (AvgIpc) is 1.63. The second kappa shape index (κ2) is 40.8. The number of thiophene rings is 1. The predicted octanol–water partition coefficient (Wildman–Crippen LogP) is 32.3. The Bertz CT molecular complexity index is 7020. The third-order valence-electron chi connectivity index (χ3n) is 22.2. The van der Waals surface area contributed by atoms with E-state index in [9.17, 15) is 0 Å². The monoisotopic (exact) mass is 1650 g/mol. The zero-order chi connectivity index (χ0) is 85.4. The van der Waals surface area contributed by atoms with E-state index in [1.807, 2.05) is 133 Å². The fourth-order valence-electron chi connectivity index (χ4n) is 15.6. The Hall–Kier alpha value is -15.7. The Balaban J connectivity index is 0.000000108. The third-order valence-corrected chi connectivity index (χ3v) is 23.4. The van der Waals surface area contributed by atoms with Crippen molar-refractivity contribution in [3.8, 4) is 39.4 Å². The summed E-state index contributed by atoms with van der Waals surface area (Å²) in [6, 6.07) is 159. The summed E-state index contributed by atoms with van der Waals surface area (Å²) in [6.45, 7) is 4.24.